The van der Waals surface area contributed by atoms with E-state index in [1.807, 2.05) is 6.92 Å². The van der Waals surface area contributed by atoms with E-state index in [1.54, 1.807) is 30.0 Å². The van der Waals surface area contributed by atoms with Gasteiger partial charge in [0.25, 0.3) is 0 Å². The van der Waals surface area contributed by atoms with E-state index < -0.39 is 23.9 Å². The molecule has 0 fully saturated rings. The Labute approximate surface area is 122 Å². The Morgan fingerprint density at radius 3 is 2.35 bits per heavy atom. The molecule has 5 nitrogen and oxygen atoms in total. The molecule has 0 aromatic heterocycles. The minimum Gasteiger partial charge on any atom is -0.481 e. The van der Waals surface area contributed by atoms with Gasteiger partial charge in [0.05, 0.1) is 5.92 Å². The molecule has 0 amide bonds. The first-order valence-corrected chi connectivity index (χ1v) is 6.60. The minimum absolute atomic E-state index is 0.101. The van der Waals surface area contributed by atoms with Crippen LogP contribution in [0.5, 0.6) is 0 Å². The van der Waals surface area contributed by atoms with Crippen molar-refractivity contribution in [2.75, 3.05) is 11.4 Å². The molecule has 0 aliphatic rings. The summed E-state index contributed by atoms with van der Waals surface area (Å²) in [6.45, 7) is 5.00. The molecule has 0 radical (unpaired) electrons. The van der Waals surface area contributed by atoms with E-state index >= 15 is 0 Å². The Hall–Kier alpha value is -1.75. The molecule has 0 bridgehead atoms. The van der Waals surface area contributed by atoms with Gasteiger partial charge in [-0.15, -0.1) is 0 Å². The molecule has 0 spiro atoms. The van der Waals surface area contributed by atoms with Gasteiger partial charge >= 0.3 is 11.9 Å². The lowest BCUT2D eigenvalue weighted by Gasteiger charge is -2.31. The number of anilines is 1. The van der Waals surface area contributed by atoms with Crippen molar-refractivity contribution in [2.45, 2.75) is 26.8 Å². The minimum atomic E-state index is -1.01. The number of halogens is 1. The molecular formula is C14H18ClNO4. The van der Waals surface area contributed by atoms with Gasteiger partial charge in [-0.05, 0) is 31.5 Å². The fourth-order valence-corrected chi connectivity index (χ4v) is 2.03. The fourth-order valence-electron chi connectivity index (χ4n) is 1.86. The Kier molecular flexibility index (Phi) is 5.39. The molecule has 6 heteroatoms. The molecule has 20 heavy (non-hydrogen) atoms. The molecule has 1 aromatic carbocycles. The zero-order valence-electron chi connectivity index (χ0n) is 11.6. The van der Waals surface area contributed by atoms with Crippen molar-refractivity contribution in [3.05, 3.63) is 28.8 Å². The number of hydrogen-bond acceptors (Lipinski definition) is 3. The van der Waals surface area contributed by atoms with Gasteiger partial charge in [0, 0.05) is 17.3 Å². The van der Waals surface area contributed by atoms with Gasteiger partial charge in [-0.2, -0.15) is 0 Å². The molecule has 0 saturated carbocycles. The van der Waals surface area contributed by atoms with Gasteiger partial charge in [0.15, 0.2) is 0 Å². The van der Waals surface area contributed by atoms with Gasteiger partial charge < -0.3 is 15.1 Å². The average Bonchev–Trinajstić information content (AvgIpc) is 2.37. The fraction of sp³-hybridized carbons (Fsp3) is 0.429. The molecular weight excluding hydrogens is 282 g/mol. The Morgan fingerprint density at radius 2 is 1.85 bits per heavy atom. The van der Waals surface area contributed by atoms with Crippen molar-refractivity contribution in [1.82, 2.24) is 0 Å². The third-order valence-electron chi connectivity index (χ3n) is 3.20. The van der Waals surface area contributed by atoms with Crippen LogP contribution in [0.25, 0.3) is 0 Å². The van der Waals surface area contributed by atoms with Crippen molar-refractivity contribution in [1.29, 1.82) is 0 Å². The first-order chi connectivity index (χ1) is 9.23. The first-order valence-electron chi connectivity index (χ1n) is 6.22. The molecule has 2 unspecified atom stereocenters. The van der Waals surface area contributed by atoms with Crippen LogP contribution in [-0.2, 0) is 9.59 Å². The number of nitrogens with zero attached hydrogens (tertiary/aromatic N) is 1. The lowest BCUT2D eigenvalue weighted by Crippen LogP contribution is -2.43. The standard InChI is InChI=1S/C14H18ClNO4/c1-8-4-5-11(15)6-12(8)16(10(3)14(19)20)7-9(2)13(17)18/h4-6,9-10H,7H2,1-3H3,(H,17,18)(H,19,20). The van der Waals surface area contributed by atoms with Crippen molar-refractivity contribution in [3.63, 3.8) is 0 Å². The van der Waals surface area contributed by atoms with Crippen LogP contribution in [0.4, 0.5) is 5.69 Å². The van der Waals surface area contributed by atoms with Crippen molar-refractivity contribution >= 4 is 29.2 Å². The number of hydrogen-bond donors (Lipinski definition) is 2. The molecule has 0 saturated heterocycles. The highest BCUT2D eigenvalue weighted by atomic mass is 35.5. The van der Waals surface area contributed by atoms with Crippen molar-refractivity contribution in [2.24, 2.45) is 5.92 Å². The maximum Gasteiger partial charge on any atom is 0.326 e. The van der Waals surface area contributed by atoms with Gasteiger partial charge in [-0.1, -0.05) is 24.6 Å². The van der Waals surface area contributed by atoms with Crippen LogP contribution in [0.2, 0.25) is 5.02 Å². The van der Waals surface area contributed by atoms with Crippen molar-refractivity contribution < 1.29 is 19.8 Å². The van der Waals surface area contributed by atoms with Gasteiger partial charge in [0.1, 0.15) is 6.04 Å². The molecule has 0 aliphatic carbocycles. The van der Waals surface area contributed by atoms with Gasteiger partial charge in [-0.25, -0.2) is 4.79 Å². The van der Waals surface area contributed by atoms with Crippen LogP contribution in [0.1, 0.15) is 19.4 Å². The summed E-state index contributed by atoms with van der Waals surface area (Å²) in [6, 6.07) is 4.31. The number of rotatable bonds is 6. The zero-order valence-corrected chi connectivity index (χ0v) is 12.4. The lowest BCUT2D eigenvalue weighted by atomic mass is 10.1. The molecule has 1 aromatic rings. The number of carbonyl (C=O) groups is 2. The van der Waals surface area contributed by atoms with Crippen LogP contribution in [0, 0.1) is 12.8 Å². The average molecular weight is 300 g/mol. The summed E-state index contributed by atoms with van der Waals surface area (Å²) < 4.78 is 0. The monoisotopic (exact) mass is 299 g/mol. The second-order valence-electron chi connectivity index (χ2n) is 4.84. The smallest absolute Gasteiger partial charge is 0.326 e. The van der Waals surface area contributed by atoms with E-state index in [4.69, 9.17) is 16.7 Å². The molecule has 0 aliphatic heterocycles. The van der Waals surface area contributed by atoms with Crippen molar-refractivity contribution in [3.8, 4) is 0 Å². The Morgan fingerprint density at radius 1 is 1.25 bits per heavy atom. The summed E-state index contributed by atoms with van der Waals surface area (Å²) >= 11 is 5.95. The molecule has 110 valence electrons. The number of aryl methyl sites for hydroxylation is 1. The van der Waals surface area contributed by atoms with Gasteiger partial charge in [-0.3, -0.25) is 4.79 Å². The number of carboxylic acids is 2. The molecule has 2 N–H and O–H groups in total. The maximum absolute atomic E-state index is 11.2. The third-order valence-corrected chi connectivity index (χ3v) is 3.43. The van der Waals surface area contributed by atoms with Crippen LogP contribution >= 0.6 is 11.6 Å². The Bertz CT molecular complexity index is 518. The molecule has 2 atom stereocenters. The summed E-state index contributed by atoms with van der Waals surface area (Å²) in [7, 11) is 0. The predicted octanol–water partition coefficient (Wildman–Crippen LogP) is 2.65. The second-order valence-corrected chi connectivity index (χ2v) is 5.27. The van der Waals surface area contributed by atoms with E-state index in [9.17, 15) is 14.7 Å². The van der Waals surface area contributed by atoms with Gasteiger partial charge in [0.2, 0.25) is 0 Å². The van der Waals surface area contributed by atoms with E-state index in [2.05, 4.69) is 0 Å². The van der Waals surface area contributed by atoms with Crippen LogP contribution < -0.4 is 4.90 Å². The summed E-state index contributed by atoms with van der Waals surface area (Å²) in [5, 5.41) is 18.7. The predicted molar refractivity (Wildman–Crippen MR) is 77.4 cm³/mol. The summed E-state index contributed by atoms with van der Waals surface area (Å²) in [5.41, 5.74) is 1.49. The molecule has 1 rings (SSSR count). The van der Waals surface area contributed by atoms with E-state index in [-0.39, 0.29) is 6.54 Å². The number of aliphatic carboxylic acids is 2. The SMILES string of the molecule is Cc1ccc(Cl)cc1N(CC(C)C(=O)O)C(C)C(=O)O. The highest BCUT2D eigenvalue weighted by Crippen LogP contribution is 2.27. The highest BCUT2D eigenvalue weighted by Gasteiger charge is 2.26. The van der Waals surface area contributed by atoms with E-state index in [0.717, 1.165) is 5.56 Å². The summed E-state index contributed by atoms with van der Waals surface area (Å²) in [5.74, 6) is -2.66. The zero-order chi connectivity index (χ0) is 15.4. The number of carboxylic acid groups (broad SMARTS) is 2. The first kappa shape index (κ1) is 16.3. The normalized spacial score (nSPS) is 13.6. The van der Waals surface area contributed by atoms with Crippen LogP contribution in [-0.4, -0.2) is 34.7 Å². The summed E-state index contributed by atoms with van der Waals surface area (Å²) in [6.07, 6.45) is 0. The Balaban J connectivity index is 3.19. The van der Waals surface area contributed by atoms with Crippen LogP contribution in [0.3, 0.4) is 0 Å². The highest BCUT2D eigenvalue weighted by molar-refractivity contribution is 6.30. The quantitative estimate of drug-likeness (QED) is 0.844. The number of benzene rings is 1. The second kappa shape index (κ2) is 6.61. The molecule has 0 heterocycles. The largest absolute Gasteiger partial charge is 0.481 e. The topological polar surface area (TPSA) is 77.8 Å². The van der Waals surface area contributed by atoms with E-state index in [1.165, 1.54) is 6.92 Å². The third kappa shape index (κ3) is 3.87. The maximum atomic E-state index is 11.2. The van der Waals surface area contributed by atoms with Crippen LogP contribution in [0.15, 0.2) is 18.2 Å². The van der Waals surface area contributed by atoms with E-state index in [0.29, 0.717) is 10.7 Å². The summed E-state index contributed by atoms with van der Waals surface area (Å²) in [4.78, 5) is 23.8. The lowest BCUT2D eigenvalue weighted by molar-refractivity contribution is -0.142.